The number of aryl methyl sites for hydroxylation is 2. The summed E-state index contributed by atoms with van der Waals surface area (Å²) in [6, 6.07) is 8.04. The predicted octanol–water partition coefficient (Wildman–Crippen LogP) is 6.62. The summed E-state index contributed by atoms with van der Waals surface area (Å²) < 4.78 is 92.7. The SMILES string of the molecule is CCCc1cc(C(O)(C(F)(F)F)C(F)(F)F)cc(CCC)c1OCCCCN1C(=O)NC(C)(Cc2ccc(OC)cc2)C1=O. The molecule has 3 amide bonds. The molecule has 1 aliphatic rings. The highest BCUT2D eigenvalue weighted by molar-refractivity contribution is 6.06. The number of amides is 3. The Morgan fingerprint density at radius 1 is 0.909 bits per heavy atom. The number of methoxy groups -OCH3 is 1. The van der Waals surface area contributed by atoms with E-state index >= 15 is 0 Å². The Balaban J connectivity index is 1.71. The van der Waals surface area contributed by atoms with Gasteiger partial charge in [-0.3, -0.25) is 9.69 Å². The Kier molecular flexibility index (Phi) is 10.9. The Hall–Kier alpha value is -3.48. The quantitative estimate of drug-likeness (QED) is 0.139. The van der Waals surface area contributed by atoms with Crippen LogP contribution < -0.4 is 14.8 Å². The number of rotatable bonds is 14. The van der Waals surface area contributed by atoms with Gasteiger partial charge in [0.1, 0.15) is 17.0 Å². The lowest BCUT2D eigenvalue weighted by Crippen LogP contribution is -2.54. The summed E-state index contributed by atoms with van der Waals surface area (Å²) >= 11 is 0. The molecule has 0 bridgehead atoms. The van der Waals surface area contributed by atoms with Gasteiger partial charge in [-0.25, -0.2) is 4.79 Å². The monoisotopic (exact) mass is 632 g/mol. The summed E-state index contributed by atoms with van der Waals surface area (Å²) in [7, 11) is 1.54. The van der Waals surface area contributed by atoms with Gasteiger partial charge in [-0.15, -0.1) is 0 Å². The second-order valence-electron chi connectivity index (χ2n) is 11.1. The third-order valence-electron chi connectivity index (χ3n) is 7.60. The van der Waals surface area contributed by atoms with Crippen molar-refractivity contribution in [1.29, 1.82) is 0 Å². The summed E-state index contributed by atoms with van der Waals surface area (Å²) in [5.74, 6) is 0.464. The molecule has 1 unspecified atom stereocenters. The Morgan fingerprint density at radius 2 is 1.45 bits per heavy atom. The Labute approximate surface area is 252 Å². The fourth-order valence-electron chi connectivity index (χ4n) is 5.31. The van der Waals surface area contributed by atoms with E-state index in [1.165, 1.54) is 0 Å². The summed E-state index contributed by atoms with van der Waals surface area (Å²) in [4.78, 5) is 26.9. The summed E-state index contributed by atoms with van der Waals surface area (Å²) in [6.07, 6.45) is -9.96. The maximum Gasteiger partial charge on any atom is 0.430 e. The first kappa shape index (κ1) is 35.0. The third kappa shape index (κ3) is 7.24. The maximum absolute atomic E-state index is 13.6. The van der Waals surface area contributed by atoms with E-state index in [0.717, 1.165) is 22.6 Å². The largest absolute Gasteiger partial charge is 0.497 e. The highest BCUT2D eigenvalue weighted by Crippen LogP contribution is 2.51. The van der Waals surface area contributed by atoms with Gasteiger partial charge in [-0.05, 0) is 73.6 Å². The van der Waals surface area contributed by atoms with Gasteiger partial charge in [0.2, 0.25) is 0 Å². The Bertz CT molecular complexity index is 1270. The van der Waals surface area contributed by atoms with Crippen molar-refractivity contribution in [1.82, 2.24) is 10.2 Å². The minimum Gasteiger partial charge on any atom is -0.497 e. The lowest BCUT2D eigenvalue weighted by molar-refractivity contribution is -0.376. The normalized spacial score (nSPS) is 17.7. The average molecular weight is 633 g/mol. The van der Waals surface area contributed by atoms with Crippen LogP contribution in [0.4, 0.5) is 31.1 Å². The first-order chi connectivity index (χ1) is 20.5. The van der Waals surface area contributed by atoms with Crippen molar-refractivity contribution in [3.63, 3.8) is 0 Å². The van der Waals surface area contributed by atoms with Crippen LogP contribution in [-0.4, -0.2) is 60.1 Å². The van der Waals surface area contributed by atoms with Crippen LogP contribution in [0.25, 0.3) is 0 Å². The van der Waals surface area contributed by atoms with E-state index in [0.29, 0.717) is 31.4 Å². The lowest BCUT2D eigenvalue weighted by atomic mass is 9.87. The van der Waals surface area contributed by atoms with Crippen LogP contribution in [0, 0.1) is 0 Å². The lowest BCUT2D eigenvalue weighted by Gasteiger charge is -2.33. The zero-order chi connectivity index (χ0) is 32.9. The number of unbranched alkanes of at least 4 members (excludes halogenated alkanes) is 1. The van der Waals surface area contributed by atoms with Crippen molar-refractivity contribution in [3.05, 3.63) is 58.7 Å². The fourth-order valence-corrected chi connectivity index (χ4v) is 5.31. The average Bonchev–Trinajstić information content (AvgIpc) is 3.15. The van der Waals surface area contributed by atoms with Crippen molar-refractivity contribution < 1.29 is 50.5 Å². The third-order valence-corrected chi connectivity index (χ3v) is 7.60. The first-order valence-electron chi connectivity index (χ1n) is 14.4. The summed E-state index contributed by atoms with van der Waals surface area (Å²) in [5, 5.41) is 12.8. The van der Waals surface area contributed by atoms with Crippen LogP contribution in [0.15, 0.2) is 36.4 Å². The number of hydrogen-bond acceptors (Lipinski definition) is 5. The van der Waals surface area contributed by atoms with Crippen LogP contribution in [0.2, 0.25) is 0 Å². The smallest absolute Gasteiger partial charge is 0.430 e. The topological polar surface area (TPSA) is 88.1 Å². The number of aliphatic hydroxyl groups is 1. The van der Waals surface area contributed by atoms with E-state index in [1.807, 2.05) is 12.1 Å². The number of imide groups is 1. The number of nitrogens with one attached hydrogen (secondary N) is 1. The minimum atomic E-state index is -6.00. The molecule has 1 heterocycles. The molecule has 3 rings (SSSR count). The molecule has 2 aromatic rings. The van der Waals surface area contributed by atoms with Gasteiger partial charge >= 0.3 is 18.4 Å². The molecular weight excluding hydrogens is 594 g/mol. The summed E-state index contributed by atoms with van der Waals surface area (Å²) in [6.45, 7) is 5.22. The molecule has 2 aromatic carbocycles. The first-order valence-corrected chi connectivity index (χ1v) is 14.4. The number of carbonyl (C=O) groups is 2. The minimum absolute atomic E-state index is 0.0440. The highest BCUT2D eigenvalue weighted by atomic mass is 19.4. The van der Waals surface area contributed by atoms with Crippen LogP contribution >= 0.6 is 0 Å². The number of nitrogens with zero attached hydrogens (tertiary/aromatic N) is 1. The second-order valence-corrected chi connectivity index (χ2v) is 11.1. The van der Waals surface area contributed by atoms with Gasteiger partial charge in [0.05, 0.1) is 13.7 Å². The number of ether oxygens (including phenoxy) is 2. The van der Waals surface area contributed by atoms with Crippen LogP contribution in [-0.2, 0) is 29.7 Å². The maximum atomic E-state index is 13.6. The van der Waals surface area contributed by atoms with Crippen LogP contribution in [0.1, 0.15) is 68.7 Å². The molecule has 1 saturated heterocycles. The molecule has 13 heteroatoms. The molecule has 1 atom stereocenters. The van der Waals surface area contributed by atoms with Crippen molar-refractivity contribution in [2.24, 2.45) is 0 Å². The van der Waals surface area contributed by atoms with Gasteiger partial charge in [0.25, 0.3) is 11.5 Å². The van der Waals surface area contributed by atoms with Crippen molar-refractivity contribution in [2.45, 2.75) is 89.2 Å². The van der Waals surface area contributed by atoms with E-state index in [9.17, 15) is 41.0 Å². The van der Waals surface area contributed by atoms with Gasteiger partial charge in [0.15, 0.2) is 0 Å². The number of halogens is 6. The number of urea groups is 1. The standard InChI is InChI=1S/C31H38F6N2O5/c1-5-9-21-17-23(29(42,30(32,33)34)31(35,36)37)18-22(10-6-2)25(21)44-16-8-7-15-39-26(40)28(3,38-27(39)41)19-20-11-13-24(43-4)14-12-20/h11-14,17-18,42H,5-10,15-16,19H2,1-4H3,(H,38,41). The van der Waals surface area contributed by atoms with E-state index in [-0.39, 0.29) is 55.2 Å². The fraction of sp³-hybridized carbons (Fsp3) is 0.548. The highest BCUT2D eigenvalue weighted by Gasteiger charge is 2.71. The predicted molar refractivity (Wildman–Crippen MR) is 151 cm³/mol. The molecule has 1 aliphatic heterocycles. The molecule has 0 aliphatic carbocycles. The number of carbonyl (C=O) groups excluding carboxylic acids is 2. The van der Waals surface area contributed by atoms with Crippen molar-refractivity contribution in [2.75, 3.05) is 20.3 Å². The van der Waals surface area contributed by atoms with Gasteiger partial charge < -0.3 is 19.9 Å². The van der Waals surface area contributed by atoms with Gasteiger partial charge in [-0.2, -0.15) is 26.3 Å². The molecular formula is C31H38F6N2O5. The van der Waals surface area contributed by atoms with Crippen molar-refractivity contribution in [3.8, 4) is 11.5 Å². The number of alkyl halides is 6. The molecule has 0 aromatic heterocycles. The molecule has 7 nitrogen and oxygen atoms in total. The van der Waals surface area contributed by atoms with E-state index in [4.69, 9.17) is 9.47 Å². The number of hydrogen-bond donors (Lipinski definition) is 2. The molecule has 44 heavy (non-hydrogen) atoms. The zero-order valence-corrected chi connectivity index (χ0v) is 25.1. The van der Waals surface area contributed by atoms with Gasteiger partial charge in [-0.1, -0.05) is 38.8 Å². The van der Waals surface area contributed by atoms with Gasteiger partial charge in [0, 0.05) is 18.5 Å². The second kappa shape index (κ2) is 13.7. The molecule has 0 spiro atoms. The van der Waals surface area contributed by atoms with Crippen LogP contribution in [0.5, 0.6) is 11.5 Å². The molecule has 2 N–H and O–H groups in total. The van der Waals surface area contributed by atoms with E-state index in [1.54, 1.807) is 40.0 Å². The zero-order valence-electron chi connectivity index (χ0n) is 25.1. The summed E-state index contributed by atoms with van der Waals surface area (Å²) in [5.41, 5.74) is -6.38. The van der Waals surface area contributed by atoms with Crippen molar-refractivity contribution >= 4 is 11.9 Å². The molecule has 0 saturated carbocycles. The Morgan fingerprint density at radius 3 is 1.93 bits per heavy atom. The van der Waals surface area contributed by atoms with Crippen LogP contribution in [0.3, 0.4) is 0 Å². The molecule has 244 valence electrons. The van der Waals surface area contributed by atoms with E-state index < -0.39 is 35.1 Å². The van der Waals surface area contributed by atoms with E-state index in [2.05, 4.69) is 5.32 Å². The molecule has 1 fully saturated rings. The number of benzene rings is 2. The molecule has 0 radical (unpaired) electrons.